The number of hydrogen-bond donors (Lipinski definition) is 1. The fourth-order valence-electron chi connectivity index (χ4n) is 5.02. The van der Waals surface area contributed by atoms with Crippen LogP contribution in [0.1, 0.15) is 48.9 Å². The second-order valence-corrected chi connectivity index (χ2v) is 10.8. The van der Waals surface area contributed by atoms with Crippen molar-refractivity contribution in [2.45, 2.75) is 49.7 Å². The predicted molar refractivity (Wildman–Crippen MR) is 148 cm³/mol. The molecule has 0 saturated carbocycles. The maximum absolute atomic E-state index is 12.7. The Morgan fingerprint density at radius 1 is 1.08 bits per heavy atom. The summed E-state index contributed by atoms with van der Waals surface area (Å²) in [5, 5.41) is 4.01. The quantitative estimate of drug-likeness (QED) is 0.334. The Kier molecular flexibility index (Phi) is 9.27. The number of nitrogens with one attached hydrogen (secondary N) is 1. The number of amides is 2. The van der Waals surface area contributed by atoms with Crippen LogP contribution >= 0.6 is 24.2 Å². The van der Waals surface area contributed by atoms with E-state index < -0.39 is 11.7 Å². The smallest absolute Gasteiger partial charge is 0.352 e. The van der Waals surface area contributed by atoms with Gasteiger partial charge in [-0.2, -0.15) is 13.2 Å². The summed E-state index contributed by atoms with van der Waals surface area (Å²) in [5.74, 6) is 0.486. The SMILES string of the molecule is Cl.O=C(NCCCC1CCN(C(=O)CCc2ccc(C(F)(F)F)cc2)CC1)C1=Cc2cnc3cccc(n23)S1. The third-order valence-corrected chi connectivity index (χ3v) is 8.24. The van der Waals surface area contributed by atoms with Crippen molar-refractivity contribution in [3.05, 3.63) is 70.4 Å². The monoisotopic (exact) mass is 578 g/mol. The number of pyridine rings is 1. The summed E-state index contributed by atoms with van der Waals surface area (Å²) in [4.78, 5) is 32.2. The van der Waals surface area contributed by atoms with E-state index in [9.17, 15) is 22.8 Å². The molecule has 0 bridgehead atoms. The van der Waals surface area contributed by atoms with E-state index in [1.807, 2.05) is 33.6 Å². The van der Waals surface area contributed by atoms with Crippen LogP contribution in [-0.4, -0.2) is 45.7 Å². The highest BCUT2D eigenvalue weighted by atomic mass is 35.5. The number of carbonyl (C=O) groups excluding carboxylic acids is 2. The minimum absolute atomic E-state index is 0. The van der Waals surface area contributed by atoms with E-state index in [2.05, 4.69) is 10.3 Å². The van der Waals surface area contributed by atoms with Crippen LogP contribution in [0.3, 0.4) is 0 Å². The van der Waals surface area contributed by atoms with Gasteiger partial charge in [0.15, 0.2) is 0 Å². The lowest BCUT2D eigenvalue weighted by Gasteiger charge is -2.32. The van der Waals surface area contributed by atoms with E-state index in [4.69, 9.17) is 0 Å². The van der Waals surface area contributed by atoms with Crippen LogP contribution in [0.4, 0.5) is 13.2 Å². The second-order valence-electron chi connectivity index (χ2n) is 9.77. The van der Waals surface area contributed by atoms with Gasteiger partial charge in [-0.15, -0.1) is 12.4 Å². The number of hydrogen-bond acceptors (Lipinski definition) is 4. The second kappa shape index (κ2) is 12.5. The van der Waals surface area contributed by atoms with Crippen molar-refractivity contribution in [3.8, 4) is 0 Å². The molecule has 0 unspecified atom stereocenters. The summed E-state index contributed by atoms with van der Waals surface area (Å²) < 4.78 is 40.1. The summed E-state index contributed by atoms with van der Waals surface area (Å²) in [5.41, 5.74) is 1.83. The lowest BCUT2D eigenvalue weighted by atomic mass is 9.92. The third kappa shape index (κ3) is 6.97. The molecule has 6 nitrogen and oxygen atoms in total. The third-order valence-electron chi connectivity index (χ3n) is 7.19. The summed E-state index contributed by atoms with van der Waals surface area (Å²) in [6.45, 7) is 2.00. The van der Waals surface area contributed by atoms with Crippen molar-refractivity contribution in [1.82, 2.24) is 19.6 Å². The summed E-state index contributed by atoms with van der Waals surface area (Å²) in [6.07, 6.45) is 3.75. The summed E-state index contributed by atoms with van der Waals surface area (Å²) >= 11 is 1.44. The summed E-state index contributed by atoms with van der Waals surface area (Å²) in [6, 6.07) is 10.9. The Hall–Kier alpha value is -2.98. The normalized spacial score (nSPS) is 15.6. The number of alkyl halides is 3. The van der Waals surface area contributed by atoms with E-state index >= 15 is 0 Å². The largest absolute Gasteiger partial charge is 0.416 e. The number of likely N-dealkylation sites (tertiary alicyclic amines) is 1. The van der Waals surface area contributed by atoms with Gasteiger partial charge in [0.05, 0.1) is 27.4 Å². The molecule has 2 amide bonds. The number of carbonyl (C=O) groups is 2. The molecular weight excluding hydrogens is 549 g/mol. The molecule has 1 N–H and O–H groups in total. The fourth-order valence-corrected chi connectivity index (χ4v) is 6.03. The van der Waals surface area contributed by atoms with Gasteiger partial charge in [0.25, 0.3) is 5.91 Å². The zero-order valence-electron chi connectivity index (χ0n) is 21.2. The molecule has 0 spiro atoms. The minimum Gasteiger partial charge on any atom is -0.352 e. The van der Waals surface area contributed by atoms with Gasteiger partial charge in [0, 0.05) is 26.1 Å². The molecule has 3 aromatic rings. The topological polar surface area (TPSA) is 66.7 Å². The molecular formula is C28H30ClF3N4O2S. The number of imidazole rings is 1. The molecule has 1 aromatic carbocycles. The van der Waals surface area contributed by atoms with Gasteiger partial charge < -0.3 is 10.2 Å². The molecule has 1 saturated heterocycles. The van der Waals surface area contributed by atoms with E-state index in [-0.39, 0.29) is 24.2 Å². The van der Waals surface area contributed by atoms with Gasteiger partial charge >= 0.3 is 6.18 Å². The maximum atomic E-state index is 12.7. The number of aryl methyl sites for hydroxylation is 1. The van der Waals surface area contributed by atoms with Crippen LogP contribution in [0.15, 0.2) is 58.6 Å². The molecule has 0 radical (unpaired) electrons. The van der Waals surface area contributed by atoms with E-state index in [0.717, 1.165) is 59.7 Å². The number of rotatable bonds is 8. The molecule has 2 aliphatic heterocycles. The predicted octanol–water partition coefficient (Wildman–Crippen LogP) is 5.99. The van der Waals surface area contributed by atoms with Gasteiger partial charge in [-0.05, 0) is 73.9 Å². The maximum Gasteiger partial charge on any atom is 0.416 e. The Labute approximate surface area is 235 Å². The molecule has 2 aliphatic rings. The molecule has 4 heterocycles. The number of piperidine rings is 1. The van der Waals surface area contributed by atoms with Gasteiger partial charge in [-0.25, -0.2) is 4.98 Å². The van der Waals surface area contributed by atoms with E-state index in [0.29, 0.717) is 43.3 Å². The van der Waals surface area contributed by atoms with Crippen molar-refractivity contribution in [2.75, 3.05) is 19.6 Å². The van der Waals surface area contributed by atoms with Gasteiger partial charge in [0.1, 0.15) is 5.65 Å². The zero-order valence-corrected chi connectivity index (χ0v) is 22.9. The minimum atomic E-state index is -4.35. The van der Waals surface area contributed by atoms with Crippen LogP contribution in [-0.2, 0) is 22.2 Å². The zero-order chi connectivity index (χ0) is 26.7. The number of aromatic nitrogens is 2. The number of halogens is 4. The number of thioether (sulfide) groups is 1. The Morgan fingerprint density at radius 2 is 1.82 bits per heavy atom. The lowest BCUT2D eigenvalue weighted by Crippen LogP contribution is -2.38. The first kappa shape index (κ1) is 29.0. The number of benzene rings is 1. The first-order chi connectivity index (χ1) is 18.3. The van der Waals surface area contributed by atoms with Crippen molar-refractivity contribution >= 4 is 47.7 Å². The lowest BCUT2D eigenvalue weighted by molar-refractivity contribution is -0.137. The fraction of sp³-hybridized carbons (Fsp3) is 0.393. The molecule has 39 heavy (non-hydrogen) atoms. The molecule has 11 heteroatoms. The highest BCUT2D eigenvalue weighted by molar-refractivity contribution is 8.04. The number of nitrogens with zero attached hydrogens (tertiary/aromatic N) is 3. The molecule has 0 aliphatic carbocycles. The Morgan fingerprint density at radius 3 is 2.54 bits per heavy atom. The highest BCUT2D eigenvalue weighted by Crippen LogP contribution is 2.34. The molecule has 2 aromatic heterocycles. The van der Waals surface area contributed by atoms with Crippen LogP contribution < -0.4 is 5.32 Å². The first-order valence-corrected chi connectivity index (χ1v) is 13.7. The van der Waals surface area contributed by atoms with E-state index in [1.54, 1.807) is 6.20 Å². The van der Waals surface area contributed by atoms with Gasteiger partial charge in [0.2, 0.25) is 5.91 Å². The van der Waals surface area contributed by atoms with Crippen molar-refractivity contribution in [1.29, 1.82) is 0 Å². The average Bonchev–Trinajstić information content (AvgIpc) is 3.34. The van der Waals surface area contributed by atoms with Gasteiger partial charge in [-0.3, -0.25) is 14.0 Å². The molecule has 0 atom stereocenters. The standard InChI is InChI=1S/C28H29F3N4O2S.ClH/c29-28(30,31)21-9-6-20(7-10-21)8-11-25(36)34-15-12-19(13-16-34)3-2-14-32-27(37)23-17-22-18-33-24-4-1-5-26(38-23)35(22)24;/h1,4-7,9-10,17-19H,2-3,8,11-16H2,(H,32,37);1H. The van der Waals surface area contributed by atoms with Crippen LogP contribution in [0.5, 0.6) is 0 Å². The van der Waals surface area contributed by atoms with Crippen LogP contribution in [0.2, 0.25) is 0 Å². The Balaban J connectivity index is 0.00000353. The average molecular weight is 579 g/mol. The molecule has 208 valence electrons. The van der Waals surface area contributed by atoms with Crippen molar-refractivity contribution in [2.24, 2.45) is 5.92 Å². The Bertz CT molecular complexity index is 1350. The van der Waals surface area contributed by atoms with Gasteiger partial charge in [-0.1, -0.05) is 30.0 Å². The van der Waals surface area contributed by atoms with Crippen LogP contribution in [0, 0.1) is 5.92 Å². The summed E-state index contributed by atoms with van der Waals surface area (Å²) in [7, 11) is 0. The van der Waals surface area contributed by atoms with Crippen molar-refractivity contribution < 1.29 is 22.8 Å². The van der Waals surface area contributed by atoms with Crippen LogP contribution in [0.25, 0.3) is 11.7 Å². The highest BCUT2D eigenvalue weighted by Gasteiger charge is 2.30. The van der Waals surface area contributed by atoms with E-state index in [1.165, 1.54) is 23.9 Å². The first-order valence-electron chi connectivity index (χ1n) is 12.9. The molecule has 1 fully saturated rings. The molecule has 5 rings (SSSR count). The van der Waals surface area contributed by atoms with Crippen molar-refractivity contribution in [3.63, 3.8) is 0 Å².